The zero-order valence-corrected chi connectivity index (χ0v) is 13.5. The van der Waals surface area contributed by atoms with Gasteiger partial charge in [0.2, 0.25) is 5.91 Å². The topological polar surface area (TPSA) is 56.4 Å². The Morgan fingerprint density at radius 1 is 1.27 bits per heavy atom. The summed E-state index contributed by atoms with van der Waals surface area (Å²) in [5, 5.41) is 0. The molecule has 2 saturated heterocycles. The summed E-state index contributed by atoms with van der Waals surface area (Å²) in [4.78, 5) is 31.4. The largest absolute Gasteiger partial charge is 0.367 e. The van der Waals surface area contributed by atoms with Gasteiger partial charge in [-0.3, -0.25) is 9.59 Å². The lowest BCUT2D eigenvalue weighted by Gasteiger charge is -2.48. The molecule has 0 aliphatic carbocycles. The number of aromatic amines is 1. The van der Waals surface area contributed by atoms with Crippen LogP contribution in [0.4, 0.5) is 0 Å². The Balaban J connectivity index is 1.64. The second-order valence-electron chi connectivity index (χ2n) is 7.01. The number of carbonyl (C=O) groups excluding carboxylic acids is 2. The third kappa shape index (κ3) is 2.76. The number of rotatable bonds is 2. The van der Waals surface area contributed by atoms with E-state index in [4.69, 9.17) is 0 Å². The first-order chi connectivity index (χ1) is 10.5. The predicted octanol–water partition coefficient (Wildman–Crippen LogP) is 2.27. The van der Waals surface area contributed by atoms with Gasteiger partial charge in [-0.05, 0) is 44.6 Å². The van der Waals surface area contributed by atoms with Crippen LogP contribution in [0.3, 0.4) is 0 Å². The summed E-state index contributed by atoms with van der Waals surface area (Å²) in [6.07, 6.45) is 7.17. The fourth-order valence-corrected chi connectivity index (χ4v) is 3.75. The van der Waals surface area contributed by atoms with Crippen molar-refractivity contribution in [3.05, 3.63) is 24.0 Å². The molecule has 0 bridgehead atoms. The lowest BCUT2D eigenvalue weighted by Crippen LogP contribution is -2.54. The van der Waals surface area contributed by atoms with Gasteiger partial charge in [-0.1, -0.05) is 0 Å². The molecule has 1 aromatic rings. The van der Waals surface area contributed by atoms with Crippen molar-refractivity contribution in [1.29, 1.82) is 0 Å². The van der Waals surface area contributed by atoms with Gasteiger partial charge in [0.25, 0.3) is 5.91 Å². The highest BCUT2D eigenvalue weighted by Gasteiger charge is 2.42. The van der Waals surface area contributed by atoms with Crippen molar-refractivity contribution in [2.45, 2.75) is 45.6 Å². The molecule has 0 unspecified atom stereocenters. The number of nitrogens with zero attached hydrogens (tertiary/aromatic N) is 2. The molecule has 1 N–H and O–H groups in total. The Bertz CT molecular complexity index is 542. The maximum Gasteiger partial charge on any atom is 0.255 e. The molecular formula is C17H25N3O2. The number of hydrogen-bond donors (Lipinski definition) is 1. The first-order valence-corrected chi connectivity index (χ1v) is 8.22. The Morgan fingerprint density at radius 2 is 2.00 bits per heavy atom. The molecule has 2 aliphatic heterocycles. The summed E-state index contributed by atoms with van der Waals surface area (Å²) < 4.78 is 0. The van der Waals surface area contributed by atoms with Gasteiger partial charge in [-0.25, -0.2) is 0 Å². The van der Waals surface area contributed by atoms with Crippen molar-refractivity contribution in [3.63, 3.8) is 0 Å². The van der Waals surface area contributed by atoms with E-state index in [1.165, 1.54) is 0 Å². The van der Waals surface area contributed by atoms with Crippen LogP contribution in [0.25, 0.3) is 0 Å². The Morgan fingerprint density at radius 3 is 2.59 bits per heavy atom. The summed E-state index contributed by atoms with van der Waals surface area (Å²) in [5.74, 6) is 0.398. The minimum absolute atomic E-state index is 0.115. The van der Waals surface area contributed by atoms with E-state index in [1.807, 2.05) is 15.9 Å². The summed E-state index contributed by atoms with van der Waals surface area (Å²) >= 11 is 0. The molecule has 0 aromatic carbocycles. The highest BCUT2D eigenvalue weighted by molar-refractivity contribution is 5.94. The molecule has 3 heterocycles. The van der Waals surface area contributed by atoms with Crippen LogP contribution >= 0.6 is 0 Å². The SMILES string of the molecule is CC(C)N1CC2(CCC1=O)CCN(C(=O)c1cc[nH]c1)CC2. The van der Waals surface area contributed by atoms with E-state index in [0.717, 1.165) is 44.5 Å². The van der Waals surface area contributed by atoms with Crippen molar-refractivity contribution in [1.82, 2.24) is 14.8 Å². The van der Waals surface area contributed by atoms with Gasteiger partial charge in [0.15, 0.2) is 0 Å². The van der Waals surface area contributed by atoms with Gasteiger partial charge in [0.1, 0.15) is 0 Å². The molecule has 0 saturated carbocycles. The summed E-state index contributed by atoms with van der Waals surface area (Å²) in [6, 6.07) is 2.09. The third-order valence-corrected chi connectivity index (χ3v) is 5.27. The van der Waals surface area contributed by atoms with Crippen LogP contribution < -0.4 is 0 Å². The molecule has 2 aliphatic rings. The number of aromatic nitrogens is 1. The fraction of sp³-hybridized carbons (Fsp3) is 0.647. The normalized spacial score (nSPS) is 21.7. The van der Waals surface area contributed by atoms with Crippen molar-refractivity contribution in [2.24, 2.45) is 5.41 Å². The van der Waals surface area contributed by atoms with Crippen molar-refractivity contribution < 1.29 is 9.59 Å². The number of hydrogen-bond acceptors (Lipinski definition) is 2. The highest BCUT2D eigenvalue weighted by Crippen LogP contribution is 2.40. The van der Waals surface area contributed by atoms with E-state index in [0.29, 0.717) is 6.42 Å². The number of piperidine rings is 2. The Kier molecular flexibility index (Phi) is 3.98. The smallest absolute Gasteiger partial charge is 0.255 e. The first-order valence-electron chi connectivity index (χ1n) is 8.22. The minimum atomic E-state index is 0.115. The van der Waals surface area contributed by atoms with Crippen molar-refractivity contribution in [2.75, 3.05) is 19.6 Å². The molecule has 22 heavy (non-hydrogen) atoms. The maximum atomic E-state index is 12.4. The minimum Gasteiger partial charge on any atom is -0.367 e. The summed E-state index contributed by atoms with van der Waals surface area (Å²) in [6.45, 7) is 6.62. The van der Waals surface area contributed by atoms with E-state index >= 15 is 0 Å². The van der Waals surface area contributed by atoms with Gasteiger partial charge in [0.05, 0.1) is 5.56 Å². The van der Waals surface area contributed by atoms with E-state index in [-0.39, 0.29) is 23.3 Å². The first kappa shape index (κ1) is 15.1. The van der Waals surface area contributed by atoms with Crippen LogP contribution in [0.15, 0.2) is 18.5 Å². The van der Waals surface area contributed by atoms with Crippen molar-refractivity contribution >= 4 is 11.8 Å². The zero-order chi connectivity index (χ0) is 15.7. The average Bonchev–Trinajstić information content (AvgIpc) is 3.04. The molecule has 3 rings (SSSR count). The van der Waals surface area contributed by atoms with E-state index in [9.17, 15) is 9.59 Å². The quantitative estimate of drug-likeness (QED) is 0.911. The number of carbonyl (C=O) groups is 2. The molecule has 0 radical (unpaired) electrons. The molecule has 2 amide bonds. The molecular weight excluding hydrogens is 278 g/mol. The molecule has 1 spiro atoms. The van der Waals surface area contributed by atoms with Crippen molar-refractivity contribution in [3.8, 4) is 0 Å². The molecule has 0 atom stereocenters. The number of nitrogens with one attached hydrogen (secondary N) is 1. The van der Waals surface area contributed by atoms with Gasteiger partial charge in [0, 0.05) is 44.5 Å². The second-order valence-corrected chi connectivity index (χ2v) is 7.01. The molecule has 1 aromatic heterocycles. The lowest BCUT2D eigenvalue weighted by molar-refractivity contribution is -0.141. The van der Waals surface area contributed by atoms with Crippen LogP contribution in [0, 0.1) is 5.41 Å². The lowest BCUT2D eigenvalue weighted by atomic mass is 9.72. The van der Waals surface area contributed by atoms with Crippen LogP contribution in [0.5, 0.6) is 0 Å². The third-order valence-electron chi connectivity index (χ3n) is 5.27. The van der Waals surface area contributed by atoms with Crippen LogP contribution in [0.2, 0.25) is 0 Å². The standard InChI is InChI=1S/C17H25N3O2/c1-13(2)20-12-17(5-3-15(20)21)6-9-19(10-7-17)16(22)14-4-8-18-11-14/h4,8,11,13,18H,3,5-7,9-10,12H2,1-2H3. The molecule has 120 valence electrons. The van der Waals surface area contributed by atoms with E-state index in [1.54, 1.807) is 12.4 Å². The Labute approximate surface area is 131 Å². The highest BCUT2D eigenvalue weighted by atomic mass is 16.2. The van der Waals surface area contributed by atoms with Crippen LogP contribution in [0.1, 0.15) is 49.9 Å². The molecule has 2 fully saturated rings. The van der Waals surface area contributed by atoms with Crippen LogP contribution in [-0.4, -0.2) is 52.3 Å². The number of likely N-dealkylation sites (tertiary alicyclic amines) is 2. The molecule has 5 heteroatoms. The average molecular weight is 303 g/mol. The van der Waals surface area contributed by atoms with E-state index in [2.05, 4.69) is 18.8 Å². The van der Waals surface area contributed by atoms with Gasteiger partial charge in [-0.2, -0.15) is 0 Å². The Hall–Kier alpha value is -1.78. The number of amides is 2. The van der Waals surface area contributed by atoms with Crippen LogP contribution in [-0.2, 0) is 4.79 Å². The maximum absolute atomic E-state index is 12.4. The zero-order valence-electron chi connectivity index (χ0n) is 13.5. The summed E-state index contributed by atoms with van der Waals surface area (Å²) in [7, 11) is 0. The summed E-state index contributed by atoms with van der Waals surface area (Å²) in [5.41, 5.74) is 0.950. The molecule has 5 nitrogen and oxygen atoms in total. The number of H-pyrrole nitrogens is 1. The monoisotopic (exact) mass is 303 g/mol. The van der Waals surface area contributed by atoms with E-state index < -0.39 is 0 Å². The van der Waals surface area contributed by atoms with Gasteiger partial charge < -0.3 is 14.8 Å². The fourth-order valence-electron chi connectivity index (χ4n) is 3.75. The predicted molar refractivity (Wildman–Crippen MR) is 84.4 cm³/mol. The van der Waals surface area contributed by atoms with Gasteiger partial charge >= 0.3 is 0 Å². The second kappa shape index (κ2) is 5.78. The van der Waals surface area contributed by atoms with Gasteiger partial charge in [-0.15, -0.1) is 0 Å².